The van der Waals surface area contributed by atoms with E-state index in [1.54, 1.807) is 6.92 Å². The number of phenolic OH excluding ortho intramolecular Hbond substituents is 1. The van der Waals surface area contributed by atoms with Crippen molar-refractivity contribution in [1.82, 2.24) is 36.4 Å². The number of unbranched alkanes of at least 4 members (excludes halogenated alkanes) is 5. The van der Waals surface area contributed by atoms with Gasteiger partial charge in [0.2, 0.25) is 41.4 Å². The summed E-state index contributed by atoms with van der Waals surface area (Å²) in [4.78, 5) is 115. The molecule has 3 fully saturated rings. The molecule has 3 saturated heterocycles. The molecule has 24 nitrogen and oxygen atoms in total. The second kappa shape index (κ2) is 33.8. The largest absolute Gasteiger partial charge is 0.508 e. The Morgan fingerprint density at radius 3 is 2.09 bits per heavy atom. The van der Waals surface area contributed by atoms with E-state index < -0.39 is 145 Å². The van der Waals surface area contributed by atoms with E-state index in [1.165, 1.54) is 36.8 Å². The number of phenols is 1. The number of nitrogens with one attached hydrogen (secondary N) is 5. The Labute approximate surface area is 478 Å². The smallest absolute Gasteiger partial charge is 0.248 e. The molecule has 1 aromatic rings. The summed E-state index contributed by atoms with van der Waals surface area (Å²) in [5.41, 5.74) is 5.77. The van der Waals surface area contributed by atoms with Crippen molar-refractivity contribution in [1.29, 1.82) is 0 Å². The minimum absolute atomic E-state index is 0.0471. The zero-order chi connectivity index (χ0) is 60.1. The first-order chi connectivity index (χ1) is 38.4. The third-order valence-electron chi connectivity index (χ3n) is 15.3. The number of carbonyl (C=O) groups excluding carboxylic acids is 8. The maximum absolute atomic E-state index is 14.7. The van der Waals surface area contributed by atoms with Gasteiger partial charge in [-0.3, -0.25) is 38.4 Å². The summed E-state index contributed by atoms with van der Waals surface area (Å²) in [6.45, 7) is 8.34. The SMILES string of the molecule is CCC(=O)C/C=C/C(O)C(O)C1NC(=O)C2CC(O)CN2C(=O)C(C(C)O)NC(=O)C(NC(=O)CCCCCCCCC(C)CC(C)CC)CC(O)C(Sc2cccc(O)c2)NC(=O)C2C(O)CCN2C(=O)C(C(O)CCN)NC1=O. The van der Waals surface area contributed by atoms with Crippen molar-refractivity contribution in [2.75, 3.05) is 19.6 Å². The van der Waals surface area contributed by atoms with Crippen molar-refractivity contribution in [2.45, 2.75) is 227 Å². The molecular formula is C56H90N8O16S. The van der Waals surface area contributed by atoms with Crippen molar-refractivity contribution in [3.05, 3.63) is 36.4 Å². The Kier molecular flexibility index (Phi) is 28.4. The molecule has 7 amide bonds. The molecule has 4 rings (SSSR count). The minimum atomic E-state index is -2.28. The van der Waals surface area contributed by atoms with Gasteiger partial charge in [-0.05, 0) is 69.2 Å². The monoisotopic (exact) mass is 1160 g/mol. The number of nitrogens with two attached hydrogens (primary N) is 1. The summed E-state index contributed by atoms with van der Waals surface area (Å²) >= 11 is 0.790. The molecule has 1 aromatic carbocycles. The van der Waals surface area contributed by atoms with E-state index in [4.69, 9.17) is 5.73 Å². The molecule has 0 bridgehead atoms. The Bertz CT molecular complexity index is 2280. The van der Waals surface area contributed by atoms with Gasteiger partial charge in [-0.25, -0.2) is 0 Å². The number of nitrogens with zero attached hydrogens (tertiary/aromatic N) is 2. The van der Waals surface area contributed by atoms with Gasteiger partial charge >= 0.3 is 0 Å². The maximum Gasteiger partial charge on any atom is 0.248 e. The standard InChI is InChI=1S/C56H90N8O16S/c1-6-31(3)26-32(4)16-12-10-8-9-11-13-21-44(73)58-38-29-43(72)54(81-37-19-14-18-35(67)27-37)62-53(78)48-41(70)23-25-63(48)56(80)46(40(69)22-24-57)60-52(77)47(49(74)42(71)20-15-17-34(66)7-2)61-51(76)39-28-36(68)30-64(39)55(79)45(33(5)65)59-50(38)75/h14-15,18-20,27,31-33,36,38-43,45-49,54,65,67-72,74H,6-13,16-17,21-26,28-30,57H2,1-5H3,(H,58,73)(H,59,75)(H,60,77)(H,61,76)(H,62,78)/b20-15+. The molecular weight excluding hydrogens is 1070 g/mol. The third kappa shape index (κ3) is 20.8. The van der Waals surface area contributed by atoms with Gasteiger partial charge in [-0.2, -0.15) is 0 Å². The number of hydrogen-bond donors (Lipinski definition) is 14. The lowest BCUT2D eigenvalue weighted by atomic mass is 9.91. The van der Waals surface area contributed by atoms with Gasteiger partial charge in [0.25, 0.3) is 0 Å². The number of carbonyl (C=O) groups is 8. The maximum atomic E-state index is 14.7. The van der Waals surface area contributed by atoms with Crippen LogP contribution in [0.5, 0.6) is 5.75 Å². The lowest BCUT2D eigenvalue weighted by Crippen LogP contribution is -2.65. The summed E-state index contributed by atoms with van der Waals surface area (Å²) in [5, 5.41) is 101. The molecule has 81 heavy (non-hydrogen) atoms. The molecule has 3 aliphatic rings. The summed E-state index contributed by atoms with van der Waals surface area (Å²) in [5.74, 6) is -6.80. The number of fused-ring (bicyclic) bond motifs is 2. The average molecular weight is 1160 g/mol. The zero-order valence-electron chi connectivity index (χ0n) is 47.4. The number of aliphatic hydroxyl groups is 7. The number of rotatable bonds is 25. The van der Waals surface area contributed by atoms with Crippen LogP contribution < -0.4 is 32.3 Å². The van der Waals surface area contributed by atoms with Crippen molar-refractivity contribution in [2.24, 2.45) is 17.6 Å². The molecule has 3 heterocycles. The van der Waals surface area contributed by atoms with Crippen LogP contribution >= 0.6 is 11.8 Å². The highest BCUT2D eigenvalue weighted by molar-refractivity contribution is 8.00. The fraction of sp³-hybridized carbons (Fsp3) is 0.714. The van der Waals surface area contributed by atoms with Crippen molar-refractivity contribution < 1.29 is 79.2 Å². The van der Waals surface area contributed by atoms with Crippen molar-refractivity contribution in [3.63, 3.8) is 0 Å². The Morgan fingerprint density at radius 2 is 1.43 bits per heavy atom. The number of hydrogen-bond acceptors (Lipinski definition) is 18. The van der Waals surface area contributed by atoms with Gasteiger partial charge in [0.05, 0.1) is 30.5 Å². The third-order valence-corrected chi connectivity index (χ3v) is 16.5. The number of benzene rings is 1. The van der Waals surface area contributed by atoms with E-state index in [0.717, 1.165) is 73.1 Å². The second-order valence-electron chi connectivity index (χ2n) is 22.1. The highest BCUT2D eigenvalue weighted by Crippen LogP contribution is 2.30. The zero-order valence-corrected chi connectivity index (χ0v) is 48.2. The fourth-order valence-electron chi connectivity index (χ4n) is 10.4. The molecule has 0 aliphatic carbocycles. The van der Waals surface area contributed by atoms with Crippen molar-refractivity contribution in [3.8, 4) is 5.75 Å². The molecule has 16 atom stereocenters. The van der Waals surface area contributed by atoms with Crippen LogP contribution in [-0.2, 0) is 38.4 Å². The molecule has 15 N–H and O–H groups in total. The van der Waals surface area contributed by atoms with E-state index in [2.05, 4.69) is 47.4 Å². The average Bonchev–Trinajstić information content (AvgIpc) is 4.19. The molecule has 16 unspecified atom stereocenters. The van der Waals surface area contributed by atoms with Gasteiger partial charge in [0.1, 0.15) is 65.4 Å². The number of aliphatic hydroxyl groups excluding tert-OH is 7. The Morgan fingerprint density at radius 1 is 0.778 bits per heavy atom. The molecule has 0 saturated carbocycles. The lowest BCUT2D eigenvalue weighted by molar-refractivity contribution is -0.147. The molecule has 25 heteroatoms. The normalized spacial score (nSPS) is 27.9. The Balaban J connectivity index is 1.78. The van der Waals surface area contributed by atoms with Gasteiger partial charge in [0.15, 0.2) is 0 Å². The van der Waals surface area contributed by atoms with Crippen LogP contribution in [0.4, 0.5) is 0 Å². The van der Waals surface area contributed by atoms with Gasteiger partial charge in [-0.15, -0.1) is 0 Å². The number of thioether (sulfide) groups is 1. The van der Waals surface area contributed by atoms with E-state index in [9.17, 15) is 79.2 Å². The fourth-order valence-corrected chi connectivity index (χ4v) is 11.4. The van der Waals surface area contributed by atoms with Gasteiger partial charge in [0, 0.05) is 50.1 Å². The summed E-state index contributed by atoms with van der Waals surface area (Å²) < 4.78 is 0. The van der Waals surface area contributed by atoms with Crippen LogP contribution in [-0.4, -0.2) is 202 Å². The molecule has 456 valence electrons. The first kappa shape index (κ1) is 68.3. The number of aromatic hydroxyl groups is 1. The lowest BCUT2D eigenvalue weighted by Gasteiger charge is -2.34. The van der Waals surface area contributed by atoms with Crippen LogP contribution in [0.15, 0.2) is 41.3 Å². The number of amides is 7. The van der Waals surface area contributed by atoms with E-state index >= 15 is 0 Å². The number of ketones is 1. The van der Waals surface area contributed by atoms with Gasteiger partial charge < -0.3 is 83.0 Å². The molecule has 0 spiro atoms. The highest BCUT2D eigenvalue weighted by Gasteiger charge is 2.49. The van der Waals surface area contributed by atoms with Crippen LogP contribution in [0, 0.1) is 11.8 Å². The molecule has 3 aliphatic heterocycles. The summed E-state index contributed by atoms with van der Waals surface area (Å²) in [7, 11) is 0. The Hall–Kier alpha value is -5.25. The van der Waals surface area contributed by atoms with Crippen LogP contribution in [0.2, 0.25) is 0 Å². The number of allylic oxidation sites excluding steroid dienone is 1. The van der Waals surface area contributed by atoms with E-state index in [1.807, 2.05) is 0 Å². The predicted molar refractivity (Wildman–Crippen MR) is 299 cm³/mol. The number of Topliss-reactive ketones (excluding diaryl/α,β-unsaturated/α-hetero) is 1. The van der Waals surface area contributed by atoms with Crippen molar-refractivity contribution >= 4 is 58.9 Å². The van der Waals surface area contributed by atoms with Crippen LogP contribution in [0.25, 0.3) is 0 Å². The quantitative estimate of drug-likeness (QED) is 0.0433. The van der Waals surface area contributed by atoms with Gasteiger partial charge in [-0.1, -0.05) is 103 Å². The molecule has 0 radical (unpaired) electrons. The molecule has 0 aromatic heterocycles. The summed E-state index contributed by atoms with van der Waals surface area (Å²) in [6.07, 6.45) is -3.64. The second-order valence-corrected chi connectivity index (χ2v) is 23.3. The van der Waals surface area contributed by atoms with E-state index in [-0.39, 0.29) is 61.6 Å². The van der Waals surface area contributed by atoms with E-state index in [0.29, 0.717) is 24.7 Å². The predicted octanol–water partition coefficient (Wildman–Crippen LogP) is -0.515. The van der Waals surface area contributed by atoms with Crippen LogP contribution in [0.3, 0.4) is 0 Å². The first-order valence-corrected chi connectivity index (χ1v) is 29.5. The first-order valence-electron chi connectivity index (χ1n) is 28.6. The minimum Gasteiger partial charge on any atom is -0.508 e. The topological polar surface area (TPSA) is 391 Å². The van der Waals surface area contributed by atoms with Crippen LogP contribution in [0.1, 0.15) is 137 Å². The summed E-state index contributed by atoms with van der Waals surface area (Å²) in [6, 6.07) is -5.62. The highest BCUT2D eigenvalue weighted by atomic mass is 32.2.